The van der Waals surface area contributed by atoms with Crippen molar-refractivity contribution < 1.29 is 19.1 Å². The van der Waals surface area contributed by atoms with Crippen molar-refractivity contribution in [2.75, 3.05) is 19.7 Å². The maximum absolute atomic E-state index is 11.6. The predicted octanol–water partition coefficient (Wildman–Crippen LogP) is 10.0. The maximum atomic E-state index is 11.6. The summed E-state index contributed by atoms with van der Waals surface area (Å²) < 4.78 is 10.2. The molecular weight excluding hydrogens is 560 g/mol. The molecule has 1 aromatic carbocycles. The van der Waals surface area contributed by atoms with Gasteiger partial charge in [-0.15, -0.1) is 6.58 Å². The molecule has 1 fully saturated rings. The summed E-state index contributed by atoms with van der Waals surface area (Å²) in [6, 6.07) is 5.86. The van der Waals surface area contributed by atoms with E-state index in [9.17, 15) is 9.59 Å². The topological polar surface area (TPSA) is 81.9 Å². The number of piperidine rings is 1. The average Bonchev–Trinajstić information content (AvgIpc) is 2.95. The Morgan fingerprint density at radius 2 is 1.67 bits per heavy atom. The highest BCUT2D eigenvalue weighted by Gasteiger charge is 2.25. The monoisotopic (exact) mass is 620 g/mol. The van der Waals surface area contributed by atoms with Crippen LogP contribution >= 0.6 is 11.6 Å². The lowest BCUT2D eigenvalue weighted by Gasteiger charge is -2.32. The molecule has 0 bridgehead atoms. The molecule has 246 valence electrons. The van der Waals surface area contributed by atoms with E-state index in [-0.39, 0.29) is 17.7 Å². The van der Waals surface area contributed by atoms with Gasteiger partial charge in [0.25, 0.3) is 0 Å². The summed E-state index contributed by atoms with van der Waals surface area (Å²) in [7, 11) is 0. The number of nitrogens with two attached hydrogens (primary N) is 1. The van der Waals surface area contributed by atoms with Crippen LogP contribution in [0.15, 0.2) is 61.4 Å². The first-order valence-corrected chi connectivity index (χ1v) is 15.9. The van der Waals surface area contributed by atoms with Crippen LogP contribution < -0.4 is 5.73 Å². The third kappa shape index (κ3) is 24.2. The normalized spacial score (nSPS) is 13.7. The number of esters is 1. The molecule has 2 rings (SSSR count). The highest BCUT2D eigenvalue weighted by atomic mass is 35.5. The quantitative estimate of drug-likeness (QED) is 0.142. The number of hydrogen-bond donors (Lipinski definition) is 1. The third-order valence-electron chi connectivity index (χ3n) is 5.65. The molecule has 6 nitrogen and oxygen atoms in total. The molecule has 0 aliphatic carbocycles. The Morgan fingerprint density at radius 1 is 1.14 bits per heavy atom. The maximum Gasteiger partial charge on any atom is 0.410 e. The minimum absolute atomic E-state index is 0.163. The highest BCUT2D eigenvalue weighted by molar-refractivity contribution is 6.30. The third-order valence-corrected chi connectivity index (χ3v) is 5.88. The Labute approximate surface area is 269 Å². The van der Waals surface area contributed by atoms with E-state index in [1.165, 1.54) is 17.8 Å². The highest BCUT2D eigenvalue weighted by Crippen LogP contribution is 2.22. The van der Waals surface area contributed by atoms with Gasteiger partial charge in [-0.1, -0.05) is 84.0 Å². The van der Waals surface area contributed by atoms with Gasteiger partial charge in [-0.3, -0.25) is 0 Å². The van der Waals surface area contributed by atoms with Gasteiger partial charge >= 0.3 is 12.1 Å². The standard InChI is InChI=1S/C19H23ClO2.C11H21NO2.C2H5N.2C2H6/c1-5-14(3)11-16-9-10-18(20)13-17(16)8-7-15(4)12-19(21)22-6-2;1-9-5-7-12(8-6-9)10(13)14-11(2,3)4;1-2-3;2*1-2/h5,7-10,12-14H,1,6,11H2,2-4H3;9H,5-8H2,1-4H3;2H,1,3H2;2*1-2H3/b8-7+,15-12+;;;;. The summed E-state index contributed by atoms with van der Waals surface area (Å²) in [5, 5.41) is 0.696. The molecule has 1 aromatic rings. The lowest BCUT2D eigenvalue weighted by atomic mass is 9.96. The Morgan fingerprint density at radius 3 is 2.14 bits per heavy atom. The Balaban J connectivity index is -0.000000652. The van der Waals surface area contributed by atoms with Crippen LogP contribution in [-0.4, -0.2) is 42.3 Å². The minimum atomic E-state index is -0.375. The number of amides is 1. The van der Waals surface area contributed by atoms with Gasteiger partial charge in [0.15, 0.2) is 0 Å². The van der Waals surface area contributed by atoms with E-state index in [0.29, 0.717) is 17.5 Å². The molecule has 0 spiro atoms. The molecule has 1 unspecified atom stereocenters. The Kier molecular flexibility index (Phi) is 27.5. The molecular formula is C36H61ClN2O4. The van der Waals surface area contributed by atoms with Crippen LogP contribution in [0.1, 0.15) is 100 Å². The van der Waals surface area contributed by atoms with E-state index >= 15 is 0 Å². The van der Waals surface area contributed by atoms with E-state index in [2.05, 4.69) is 32.7 Å². The molecule has 0 radical (unpaired) electrons. The van der Waals surface area contributed by atoms with Gasteiger partial charge < -0.3 is 20.1 Å². The summed E-state index contributed by atoms with van der Waals surface area (Å²) in [5.74, 6) is 0.814. The van der Waals surface area contributed by atoms with Crippen LogP contribution in [0, 0.1) is 11.8 Å². The molecule has 7 heteroatoms. The number of benzene rings is 1. The summed E-state index contributed by atoms with van der Waals surface area (Å²) >= 11 is 6.09. The average molecular weight is 621 g/mol. The lowest BCUT2D eigenvalue weighted by molar-refractivity contribution is -0.137. The first kappa shape index (κ1) is 44.5. The van der Waals surface area contributed by atoms with Crippen LogP contribution in [0.25, 0.3) is 6.08 Å². The van der Waals surface area contributed by atoms with Crippen molar-refractivity contribution in [3.05, 3.63) is 77.5 Å². The zero-order valence-electron chi connectivity index (χ0n) is 29.0. The fourth-order valence-corrected chi connectivity index (χ4v) is 3.67. The number of likely N-dealkylation sites (tertiary alicyclic amines) is 1. The molecule has 1 saturated heterocycles. The summed E-state index contributed by atoms with van der Waals surface area (Å²) in [5.41, 5.74) is 7.33. The summed E-state index contributed by atoms with van der Waals surface area (Å²) in [4.78, 5) is 24.8. The number of carbonyl (C=O) groups excluding carboxylic acids is 2. The molecule has 1 heterocycles. The molecule has 1 atom stereocenters. The smallest absolute Gasteiger partial charge is 0.410 e. The fraction of sp³-hybridized carbons (Fsp3) is 0.556. The van der Waals surface area contributed by atoms with Gasteiger partial charge in [-0.25, -0.2) is 9.59 Å². The van der Waals surface area contributed by atoms with E-state index in [1.807, 2.05) is 96.7 Å². The molecule has 1 aliphatic rings. The molecule has 0 aromatic heterocycles. The largest absolute Gasteiger partial charge is 0.463 e. The first-order chi connectivity index (χ1) is 20.3. The molecule has 43 heavy (non-hydrogen) atoms. The van der Waals surface area contributed by atoms with Crippen LogP contribution in [0.3, 0.4) is 0 Å². The van der Waals surface area contributed by atoms with E-state index in [4.69, 9.17) is 21.1 Å². The number of allylic oxidation sites excluding steroid dienone is 3. The first-order valence-electron chi connectivity index (χ1n) is 15.5. The number of hydrogen-bond acceptors (Lipinski definition) is 5. The van der Waals surface area contributed by atoms with Crippen molar-refractivity contribution in [1.82, 2.24) is 4.90 Å². The Hall–Kier alpha value is -2.99. The molecule has 0 saturated carbocycles. The van der Waals surface area contributed by atoms with Crippen molar-refractivity contribution in [3.63, 3.8) is 0 Å². The fourth-order valence-electron chi connectivity index (χ4n) is 3.49. The second-order valence-corrected chi connectivity index (χ2v) is 11.1. The molecule has 2 N–H and O–H groups in total. The summed E-state index contributed by atoms with van der Waals surface area (Å²) in [6.45, 7) is 30.7. The zero-order chi connectivity index (χ0) is 34.0. The number of halogens is 1. The van der Waals surface area contributed by atoms with Crippen LogP contribution in [0.2, 0.25) is 5.02 Å². The SMILES string of the molecule is C=CC(C)Cc1ccc(Cl)cc1/C=C/C(C)=C/C(=O)OCC.C=CN.CC.CC.CC1CCN(C(=O)OC(C)(C)C)CC1. The van der Waals surface area contributed by atoms with E-state index < -0.39 is 0 Å². The van der Waals surface area contributed by atoms with Crippen LogP contribution in [-0.2, 0) is 20.7 Å². The minimum Gasteiger partial charge on any atom is -0.463 e. The van der Waals surface area contributed by atoms with Gasteiger partial charge in [0.1, 0.15) is 5.60 Å². The lowest BCUT2D eigenvalue weighted by Crippen LogP contribution is -2.41. The van der Waals surface area contributed by atoms with Gasteiger partial charge in [0.2, 0.25) is 0 Å². The zero-order valence-corrected chi connectivity index (χ0v) is 29.7. The van der Waals surface area contributed by atoms with Crippen molar-refractivity contribution in [2.45, 2.75) is 101 Å². The van der Waals surface area contributed by atoms with Crippen molar-refractivity contribution in [1.29, 1.82) is 0 Å². The van der Waals surface area contributed by atoms with Crippen molar-refractivity contribution in [2.24, 2.45) is 17.6 Å². The van der Waals surface area contributed by atoms with E-state index in [0.717, 1.165) is 49.4 Å². The van der Waals surface area contributed by atoms with Crippen LogP contribution in [0.5, 0.6) is 0 Å². The van der Waals surface area contributed by atoms with E-state index in [1.54, 1.807) is 6.92 Å². The van der Waals surface area contributed by atoms with Crippen LogP contribution in [0.4, 0.5) is 4.79 Å². The molecule has 1 amide bonds. The van der Waals surface area contributed by atoms with Gasteiger partial charge in [0, 0.05) is 24.2 Å². The molecule has 1 aliphatic heterocycles. The van der Waals surface area contributed by atoms with Crippen molar-refractivity contribution >= 4 is 29.7 Å². The summed E-state index contributed by atoms with van der Waals surface area (Å²) in [6.07, 6.45) is 11.5. The Bertz CT molecular complexity index is 972. The second-order valence-electron chi connectivity index (χ2n) is 10.6. The number of rotatable bonds is 7. The van der Waals surface area contributed by atoms with Crippen molar-refractivity contribution in [3.8, 4) is 0 Å². The van der Waals surface area contributed by atoms with Gasteiger partial charge in [-0.2, -0.15) is 0 Å². The predicted molar refractivity (Wildman–Crippen MR) is 187 cm³/mol. The van der Waals surface area contributed by atoms with Gasteiger partial charge in [0.05, 0.1) is 6.61 Å². The number of nitrogens with zero attached hydrogens (tertiary/aromatic N) is 1. The van der Waals surface area contributed by atoms with Gasteiger partial charge in [-0.05, 0) is 101 Å². The number of carbonyl (C=O) groups is 2. The number of ether oxygens (including phenoxy) is 2. The second kappa shape index (κ2) is 26.6.